The predicted molar refractivity (Wildman–Crippen MR) is 58.7 cm³/mol. The number of hydrogen-bond acceptors (Lipinski definition) is 3. The SMILES string of the molecule is CC(=O)c1ccc(OCCCO)c(Cl)c1. The summed E-state index contributed by atoms with van der Waals surface area (Å²) in [5.74, 6) is 0.508. The highest BCUT2D eigenvalue weighted by molar-refractivity contribution is 6.32. The Morgan fingerprint density at radius 3 is 2.80 bits per heavy atom. The van der Waals surface area contributed by atoms with Gasteiger partial charge in [0.2, 0.25) is 0 Å². The molecule has 0 atom stereocenters. The van der Waals surface area contributed by atoms with Crippen molar-refractivity contribution < 1.29 is 14.6 Å². The van der Waals surface area contributed by atoms with E-state index in [2.05, 4.69) is 0 Å². The van der Waals surface area contributed by atoms with Crippen molar-refractivity contribution in [2.45, 2.75) is 13.3 Å². The molecule has 1 N–H and O–H groups in total. The minimum Gasteiger partial charge on any atom is -0.492 e. The first-order valence-corrected chi connectivity index (χ1v) is 5.07. The van der Waals surface area contributed by atoms with E-state index in [0.29, 0.717) is 29.4 Å². The third kappa shape index (κ3) is 3.53. The predicted octanol–water partition coefficient (Wildman–Crippen LogP) is 2.30. The second kappa shape index (κ2) is 5.73. The van der Waals surface area contributed by atoms with Crippen molar-refractivity contribution in [3.05, 3.63) is 28.8 Å². The molecule has 0 unspecified atom stereocenters. The minimum absolute atomic E-state index is 0.0289. The Bertz CT molecular complexity index is 350. The molecule has 0 spiro atoms. The molecular weight excluding hydrogens is 216 g/mol. The molecule has 0 heterocycles. The summed E-state index contributed by atoms with van der Waals surface area (Å²) in [5, 5.41) is 8.99. The van der Waals surface area contributed by atoms with Crippen LogP contribution in [0.2, 0.25) is 5.02 Å². The molecule has 1 aromatic carbocycles. The topological polar surface area (TPSA) is 46.5 Å². The highest BCUT2D eigenvalue weighted by Gasteiger charge is 2.05. The summed E-state index contributed by atoms with van der Waals surface area (Å²) in [7, 11) is 0. The zero-order valence-electron chi connectivity index (χ0n) is 8.50. The maximum absolute atomic E-state index is 11.0. The van der Waals surface area contributed by atoms with Crippen LogP contribution in [0.3, 0.4) is 0 Å². The first-order valence-electron chi connectivity index (χ1n) is 4.69. The molecule has 0 saturated carbocycles. The summed E-state index contributed by atoms with van der Waals surface area (Å²) < 4.78 is 5.31. The number of halogens is 1. The van der Waals surface area contributed by atoms with Gasteiger partial charge in [-0.25, -0.2) is 0 Å². The third-order valence-electron chi connectivity index (χ3n) is 1.90. The van der Waals surface area contributed by atoms with E-state index in [9.17, 15) is 4.79 Å². The van der Waals surface area contributed by atoms with Crippen LogP contribution in [-0.4, -0.2) is 24.1 Å². The summed E-state index contributed by atoms with van der Waals surface area (Å²) in [6.45, 7) is 1.98. The van der Waals surface area contributed by atoms with Crippen molar-refractivity contribution >= 4 is 17.4 Å². The zero-order chi connectivity index (χ0) is 11.3. The quantitative estimate of drug-likeness (QED) is 0.621. The molecule has 4 heteroatoms. The average molecular weight is 229 g/mol. The second-order valence-electron chi connectivity index (χ2n) is 3.13. The molecule has 0 aliphatic carbocycles. The molecule has 0 aliphatic rings. The Balaban J connectivity index is 2.70. The van der Waals surface area contributed by atoms with Crippen LogP contribution < -0.4 is 4.74 Å². The van der Waals surface area contributed by atoms with E-state index in [-0.39, 0.29) is 12.4 Å². The monoisotopic (exact) mass is 228 g/mol. The molecular formula is C11H13ClO3. The van der Waals surface area contributed by atoms with E-state index in [4.69, 9.17) is 21.4 Å². The lowest BCUT2D eigenvalue weighted by atomic mass is 10.1. The maximum atomic E-state index is 11.0. The summed E-state index contributed by atoms with van der Waals surface area (Å²) in [6, 6.07) is 4.91. The Hall–Kier alpha value is -1.06. The van der Waals surface area contributed by atoms with Gasteiger partial charge in [0, 0.05) is 18.6 Å². The molecule has 15 heavy (non-hydrogen) atoms. The third-order valence-corrected chi connectivity index (χ3v) is 2.19. The standard InChI is InChI=1S/C11H13ClO3/c1-8(14)9-3-4-11(10(12)7-9)15-6-2-5-13/h3-4,7,13H,2,5-6H2,1H3. The van der Waals surface area contributed by atoms with Crippen molar-refractivity contribution in [2.75, 3.05) is 13.2 Å². The Morgan fingerprint density at radius 1 is 1.53 bits per heavy atom. The van der Waals surface area contributed by atoms with E-state index in [1.807, 2.05) is 0 Å². The van der Waals surface area contributed by atoms with Gasteiger partial charge in [0.25, 0.3) is 0 Å². The van der Waals surface area contributed by atoms with E-state index < -0.39 is 0 Å². The molecule has 1 aromatic rings. The molecule has 82 valence electrons. The lowest BCUT2D eigenvalue weighted by Crippen LogP contribution is -2.01. The number of hydrogen-bond donors (Lipinski definition) is 1. The van der Waals surface area contributed by atoms with Gasteiger partial charge >= 0.3 is 0 Å². The molecule has 1 rings (SSSR count). The first-order chi connectivity index (χ1) is 7.15. The highest BCUT2D eigenvalue weighted by atomic mass is 35.5. The van der Waals surface area contributed by atoms with Gasteiger partial charge in [0.05, 0.1) is 11.6 Å². The first kappa shape index (κ1) is 12.0. The van der Waals surface area contributed by atoms with Crippen LogP contribution in [0.4, 0.5) is 0 Å². The molecule has 3 nitrogen and oxygen atoms in total. The van der Waals surface area contributed by atoms with Gasteiger partial charge in [0.1, 0.15) is 5.75 Å². The summed E-state index contributed by atoms with van der Waals surface area (Å²) in [6.07, 6.45) is 0.560. The normalized spacial score (nSPS) is 10.1. The van der Waals surface area contributed by atoms with Crippen molar-refractivity contribution in [3.63, 3.8) is 0 Å². The van der Waals surface area contributed by atoms with Gasteiger partial charge in [-0.15, -0.1) is 0 Å². The van der Waals surface area contributed by atoms with Crippen LogP contribution >= 0.6 is 11.6 Å². The van der Waals surface area contributed by atoms with Gasteiger partial charge in [-0.3, -0.25) is 4.79 Å². The Kier molecular flexibility index (Phi) is 4.59. The number of carbonyl (C=O) groups is 1. The van der Waals surface area contributed by atoms with Gasteiger partial charge < -0.3 is 9.84 Å². The van der Waals surface area contributed by atoms with Crippen LogP contribution in [0.5, 0.6) is 5.75 Å². The van der Waals surface area contributed by atoms with Gasteiger partial charge in [-0.2, -0.15) is 0 Å². The Labute approximate surface area is 93.6 Å². The van der Waals surface area contributed by atoms with Crippen molar-refractivity contribution in [3.8, 4) is 5.75 Å². The number of ketones is 1. The zero-order valence-corrected chi connectivity index (χ0v) is 9.25. The number of ether oxygens (including phenoxy) is 1. The lowest BCUT2D eigenvalue weighted by molar-refractivity contribution is 0.101. The van der Waals surface area contributed by atoms with Gasteiger partial charge in [-0.1, -0.05) is 11.6 Å². The van der Waals surface area contributed by atoms with Crippen LogP contribution in [0.15, 0.2) is 18.2 Å². The molecule has 0 amide bonds. The second-order valence-corrected chi connectivity index (χ2v) is 3.53. The van der Waals surface area contributed by atoms with Crippen LogP contribution in [-0.2, 0) is 0 Å². The molecule has 0 saturated heterocycles. The van der Waals surface area contributed by atoms with Gasteiger partial charge in [-0.05, 0) is 25.1 Å². The molecule has 0 fully saturated rings. The summed E-state index contributed by atoms with van der Waals surface area (Å²) in [4.78, 5) is 11.0. The van der Waals surface area contributed by atoms with E-state index in [1.165, 1.54) is 6.92 Å². The number of benzene rings is 1. The van der Waals surface area contributed by atoms with E-state index >= 15 is 0 Å². The summed E-state index contributed by atoms with van der Waals surface area (Å²) >= 11 is 5.91. The highest BCUT2D eigenvalue weighted by Crippen LogP contribution is 2.25. The number of aliphatic hydroxyl groups is 1. The van der Waals surface area contributed by atoms with E-state index in [1.54, 1.807) is 18.2 Å². The fourth-order valence-corrected chi connectivity index (χ4v) is 1.32. The average Bonchev–Trinajstić information content (AvgIpc) is 2.20. The van der Waals surface area contributed by atoms with Crippen LogP contribution in [0, 0.1) is 0 Å². The minimum atomic E-state index is -0.0289. The van der Waals surface area contributed by atoms with Crippen molar-refractivity contribution in [2.24, 2.45) is 0 Å². The van der Waals surface area contributed by atoms with Gasteiger partial charge in [0.15, 0.2) is 5.78 Å². The number of aliphatic hydroxyl groups excluding tert-OH is 1. The Morgan fingerprint density at radius 2 is 2.27 bits per heavy atom. The molecule has 0 bridgehead atoms. The largest absolute Gasteiger partial charge is 0.492 e. The van der Waals surface area contributed by atoms with Crippen molar-refractivity contribution in [1.82, 2.24) is 0 Å². The van der Waals surface area contributed by atoms with Crippen molar-refractivity contribution in [1.29, 1.82) is 0 Å². The molecule has 0 aliphatic heterocycles. The molecule has 0 aromatic heterocycles. The summed E-state index contributed by atoms with van der Waals surface area (Å²) in [5.41, 5.74) is 0.564. The number of rotatable bonds is 5. The van der Waals surface area contributed by atoms with Crippen LogP contribution in [0.1, 0.15) is 23.7 Å². The van der Waals surface area contributed by atoms with Crippen LogP contribution in [0.25, 0.3) is 0 Å². The lowest BCUT2D eigenvalue weighted by Gasteiger charge is -2.07. The fourth-order valence-electron chi connectivity index (χ4n) is 1.08. The molecule has 0 radical (unpaired) electrons. The number of carbonyl (C=O) groups excluding carboxylic acids is 1. The maximum Gasteiger partial charge on any atom is 0.159 e. The number of Topliss-reactive ketones (excluding diaryl/α,β-unsaturated/α-hetero) is 1. The van der Waals surface area contributed by atoms with E-state index in [0.717, 1.165) is 0 Å². The fraction of sp³-hybridized carbons (Fsp3) is 0.364. The smallest absolute Gasteiger partial charge is 0.159 e.